The fourth-order valence-electron chi connectivity index (χ4n) is 3.27. The quantitative estimate of drug-likeness (QED) is 0.780. The first-order chi connectivity index (χ1) is 11.7. The maximum Gasteiger partial charge on any atom is 0.234 e. The van der Waals surface area contributed by atoms with Gasteiger partial charge in [-0.2, -0.15) is 0 Å². The molecular formula is C17H25N3O4. The Morgan fingerprint density at radius 3 is 2.88 bits per heavy atom. The molecule has 0 aromatic carbocycles. The van der Waals surface area contributed by atoms with Crippen molar-refractivity contribution in [1.82, 2.24) is 15.2 Å². The fourth-order valence-corrected chi connectivity index (χ4v) is 3.27. The molecule has 2 fully saturated rings. The first kappa shape index (κ1) is 17.1. The number of ether oxygens (including phenoxy) is 2. The van der Waals surface area contributed by atoms with Gasteiger partial charge in [-0.1, -0.05) is 0 Å². The van der Waals surface area contributed by atoms with E-state index in [0.29, 0.717) is 38.3 Å². The van der Waals surface area contributed by atoms with Crippen LogP contribution in [0.4, 0.5) is 0 Å². The molecule has 7 nitrogen and oxygen atoms in total. The van der Waals surface area contributed by atoms with Crippen LogP contribution in [0.15, 0.2) is 18.5 Å². The Morgan fingerprint density at radius 2 is 2.21 bits per heavy atom. The van der Waals surface area contributed by atoms with E-state index in [1.165, 1.54) is 0 Å². The van der Waals surface area contributed by atoms with E-state index in [1.54, 1.807) is 19.5 Å². The van der Waals surface area contributed by atoms with Crippen molar-refractivity contribution in [3.8, 4) is 5.75 Å². The van der Waals surface area contributed by atoms with Gasteiger partial charge in [-0.25, -0.2) is 0 Å². The third kappa shape index (κ3) is 4.23. The summed E-state index contributed by atoms with van der Waals surface area (Å²) < 4.78 is 10.5. The number of amides is 1. The van der Waals surface area contributed by atoms with E-state index in [0.717, 1.165) is 18.7 Å². The maximum atomic E-state index is 12.5. The van der Waals surface area contributed by atoms with E-state index in [4.69, 9.17) is 9.47 Å². The van der Waals surface area contributed by atoms with Crippen molar-refractivity contribution in [2.45, 2.75) is 25.0 Å². The molecular weight excluding hydrogens is 310 g/mol. The summed E-state index contributed by atoms with van der Waals surface area (Å²) in [6.45, 7) is 3.27. The molecule has 24 heavy (non-hydrogen) atoms. The summed E-state index contributed by atoms with van der Waals surface area (Å²) in [7, 11) is 1.60. The number of pyridine rings is 1. The van der Waals surface area contributed by atoms with Gasteiger partial charge in [-0.05, 0) is 30.4 Å². The molecule has 132 valence electrons. The van der Waals surface area contributed by atoms with Crippen molar-refractivity contribution in [2.24, 2.45) is 5.92 Å². The van der Waals surface area contributed by atoms with Gasteiger partial charge in [0.2, 0.25) is 5.91 Å². The molecule has 0 unspecified atom stereocenters. The van der Waals surface area contributed by atoms with Crippen LogP contribution in [0.1, 0.15) is 24.4 Å². The van der Waals surface area contributed by atoms with E-state index in [9.17, 15) is 9.90 Å². The van der Waals surface area contributed by atoms with Gasteiger partial charge in [-0.3, -0.25) is 14.7 Å². The summed E-state index contributed by atoms with van der Waals surface area (Å²) in [5.74, 6) is 0.883. The van der Waals surface area contributed by atoms with Crippen LogP contribution in [0.3, 0.4) is 0 Å². The van der Waals surface area contributed by atoms with Gasteiger partial charge in [0.1, 0.15) is 5.75 Å². The number of morpholine rings is 1. The van der Waals surface area contributed by atoms with Crippen LogP contribution in [-0.2, 0) is 9.53 Å². The fraction of sp³-hybridized carbons (Fsp3) is 0.647. The van der Waals surface area contributed by atoms with Crippen molar-refractivity contribution in [2.75, 3.05) is 40.0 Å². The summed E-state index contributed by atoms with van der Waals surface area (Å²) >= 11 is 0. The molecule has 1 atom stereocenters. The zero-order chi connectivity index (χ0) is 16.9. The number of hydrogen-bond acceptors (Lipinski definition) is 6. The molecule has 1 aliphatic carbocycles. The minimum Gasteiger partial charge on any atom is -0.495 e. The molecule has 1 saturated carbocycles. The molecule has 2 aliphatic rings. The molecule has 0 spiro atoms. The number of nitrogens with zero attached hydrogens (tertiary/aromatic N) is 2. The number of carbonyl (C=O) groups excluding carboxylic acids is 1. The van der Waals surface area contributed by atoms with Crippen LogP contribution >= 0.6 is 0 Å². The van der Waals surface area contributed by atoms with Gasteiger partial charge in [0.25, 0.3) is 0 Å². The van der Waals surface area contributed by atoms with E-state index in [2.05, 4.69) is 15.2 Å². The van der Waals surface area contributed by atoms with E-state index < -0.39 is 0 Å². The topological polar surface area (TPSA) is 83.9 Å². The van der Waals surface area contributed by atoms with Gasteiger partial charge in [0.05, 0.1) is 45.2 Å². The lowest BCUT2D eigenvalue weighted by atomic mass is 9.75. The Bertz CT molecular complexity index is 557. The second-order valence-corrected chi connectivity index (χ2v) is 6.48. The Balaban J connectivity index is 1.66. The summed E-state index contributed by atoms with van der Waals surface area (Å²) in [5, 5.41) is 12.8. The highest BCUT2D eigenvalue weighted by atomic mass is 16.5. The molecule has 2 heterocycles. The average Bonchev–Trinajstić information content (AvgIpc) is 2.58. The first-order valence-corrected chi connectivity index (χ1v) is 8.42. The average molecular weight is 335 g/mol. The number of nitrogens with one attached hydrogen (secondary N) is 1. The number of aliphatic hydroxyl groups excluding tert-OH is 1. The monoisotopic (exact) mass is 335 g/mol. The minimum absolute atomic E-state index is 0.00823. The standard InChI is InChI=1S/C17H25N3O4/c1-23-15-8-13(9-18-10-15)17(12-6-14(21)7-12)19-16(22)11-20-2-4-24-5-3-20/h8-10,12,14,17,21H,2-7,11H2,1H3,(H,19,22)/t12?,14?,17-/m0/s1. The lowest BCUT2D eigenvalue weighted by Crippen LogP contribution is -2.47. The molecule has 1 aromatic rings. The van der Waals surface area contributed by atoms with Gasteiger partial charge in [0.15, 0.2) is 0 Å². The van der Waals surface area contributed by atoms with Crippen LogP contribution in [0.2, 0.25) is 0 Å². The summed E-state index contributed by atoms with van der Waals surface area (Å²) in [6.07, 6.45) is 4.52. The number of hydrogen-bond donors (Lipinski definition) is 2. The van der Waals surface area contributed by atoms with Crippen LogP contribution in [-0.4, -0.2) is 67.0 Å². The van der Waals surface area contributed by atoms with Gasteiger partial charge in [-0.15, -0.1) is 0 Å². The molecule has 1 saturated heterocycles. The second-order valence-electron chi connectivity index (χ2n) is 6.48. The Labute approximate surface area is 142 Å². The van der Waals surface area contributed by atoms with E-state index >= 15 is 0 Å². The van der Waals surface area contributed by atoms with Crippen molar-refractivity contribution in [3.63, 3.8) is 0 Å². The maximum absolute atomic E-state index is 12.5. The Kier molecular flexibility index (Phi) is 5.65. The van der Waals surface area contributed by atoms with E-state index in [-0.39, 0.29) is 24.0 Å². The highest BCUT2D eigenvalue weighted by molar-refractivity contribution is 5.78. The predicted molar refractivity (Wildman–Crippen MR) is 87.7 cm³/mol. The number of aromatic nitrogens is 1. The predicted octanol–water partition coefficient (Wildman–Crippen LogP) is 0.351. The minimum atomic E-state index is -0.271. The lowest BCUT2D eigenvalue weighted by molar-refractivity contribution is -0.125. The molecule has 1 aliphatic heterocycles. The van der Waals surface area contributed by atoms with Gasteiger partial charge >= 0.3 is 0 Å². The van der Waals surface area contributed by atoms with Crippen LogP contribution in [0.5, 0.6) is 5.75 Å². The van der Waals surface area contributed by atoms with Crippen molar-refractivity contribution >= 4 is 5.91 Å². The van der Waals surface area contributed by atoms with Crippen molar-refractivity contribution < 1.29 is 19.4 Å². The van der Waals surface area contributed by atoms with Gasteiger partial charge in [0, 0.05) is 19.3 Å². The lowest BCUT2D eigenvalue weighted by Gasteiger charge is -2.38. The highest BCUT2D eigenvalue weighted by Crippen LogP contribution is 2.38. The molecule has 2 N–H and O–H groups in total. The molecule has 0 bridgehead atoms. The highest BCUT2D eigenvalue weighted by Gasteiger charge is 2.36. The Hall–Kier alpha value is -1.70. The second kappa shape index (κ2) is 7.92. The summed E-state index contributed by atoms with van der Waals surface area (Å²) in [5.41, 5.74) is 0.918. The van der Waals surface area contributed by atoms with Gasteiger partial charge < -0.3 is 19.9 Å². The molecule has 1 amide bonds. The van der Waals surface area contributed by atoms with Crippen molar-refractivity contribution in [3.05, 3.63) is 24.0 Å². The zero-order valence-corrected chi connectivity index (χ0v) is 14.0. The number of aliphatic hydroxyl groups is 1. The molecule has 7 heteroatoms. The van der Waals surface area contributed by atoms with Crippen LogP contribution in [0.25, 0.3) is 0 Å². The molecule has 3 rings (SSSR count). The largest absolute Gasteiger partial charge is 0.495 e. The third-order valence-electron chi connectivity index (χ3n) is 4.74. The third-order valence-corrected chi connectivity index (χ3v) is 4.74. The van der Waals surface area contributed by atoms with E-state index in [1.807, 2.05) is 6.07 Å². The van der Waals surface area contributed by atoms with Crippen LogP contribution < -0.4 is 10.1 Å². The number of rotatable bonds is 6. The Morgan fingerprint density at radius 1 is 1.46 bits per heavy atom. The van der Waals surface area contributed by atoms with Crippen molar-refractivity contribution in [1.29, 1.82) is 0 Å². The first-order valence-electron chi connectivity index (χ1n) is 8.42. The smallest absolute Gasteiger partial charge is 0.234 e. The summed E-state index contributed by atoms with van der Waals surface area (Å²) in [6, 6.07) is 1.75. The van der Waals surface area contributed by atoms with Crippen LogP contribution in [0, 0.1) is 5.92 Å². The SMILES string of the molecule is COc1cncc([C@@H](NC(=O)CN2CCOCC2)C2CC(O)C2)c1. The number of methoxy groups -OCH3 is 1. The normalized spacial score (nSPS) is 25.6. The zero-order valence-electron chi connectivity index (χ0n) is 14.0. The number of carbonyl (C=O) groups is 1. The molecule has 0 radical (unpaired) electrons. The summed E-state index contributed by atoms with van der Waals surface area (Å²) in [4.78, 5) is 18.8. The molecule has 1 aromatic heterocycles.